The average Bonchev–Trinajstić information content (AvgIpc) is 2.69. The third-order valence-electron chi connectivity index (χ3n) is 3.61. The molecule has 138 valence electrons. The highest BCUT2D eigenvalue weighted by atomic mass is 16.7. The number of hydrogen-bond donors (Lipinski definition) is 0. The lowest BCUT2D eigenvalue weighted by Crippen LogP contribution is -2.05. The molecule has 0 aliphatic carbocycles. The van der Waals surface area contributed by atoms with Crippen LogP contribution in [0.5, 0.6) is 23.0 Å². The van der Waals surface area contributed by atoms with Crippen molar-refractivity contribution < 1.29 is 28.5 Å². The van der Waals surface area contributed by atoms with Crippen LogP contribution in [0.2, 0.25) is 0 Å². The summed E-state index contributed by atoms with van der Waals surface area (Å²) < 4.78 is 26.1. The first-order chi connectivity index (χ1) is 12.6. The molecule has 2 aromatic rings. The Kier molecular flexibility index (Phi) is 7.05. The highest BCUT2D eigenvalue weighted by Gasteiger charge is 2.18. The SMILES string of the molecule is COCOc1cc(OC)c(C(=O)/C=C/c2ccc(OC)cc2)c(OC)c1. The van der Waals surface area contributed by atoms with Gasteiger partial charge >= 0.3 is 0 Å². The van der Waals surface area contributed by atoms with Crippen molar-refractivity contribution in [3.8, 4) is 23.0 Å². The largest absolute Gasteiger partial charge is 0.497 e. The molecule has 0 heterocycles. The Labute approximate surface area is 152 Å². The van der Waals surface area contributed by atoms with Gasteiger partial charge in [-0.3, -0.25) is 4.79 Å². The van der Waals surface area contributed by atoms with Crippen LogP contribution in [-0.2, 0) is 4.74 Å². The predicted molar refractivity (Wildman–Crippen MR) is 98.4 cm³/mol. The van der Waals surface area contributed by atoms with Crippen LogP contribution in [0.1, 0.15) is 15.9 Å². The average molecular weight is 358 g/mol. The van der Waals surface area contributed by atoms with E-state index in [1.165, 1.54) is 27.4 Å². The van der Waals surface area contributed by atoms with Crippen molar-refractivity contribution in [2.75, 3.05) is 35.2 Å². The van der Waals surface area contributed by atoms with Gasteiger partial charge in [-0.15, -0.1) is 0 Å². The molecule has 0 atom stereocenters. The Bertz CT molecular complexity index is 739. The molecule has 6 nitrogen and oxygen atoms in total. The van der Waals surface area contributed by atoms with Crippen LogP contribution in [0.3, 0.4) is 0 Å². The molecule has 0 amide bonds. The van der Waals surface area contributed by atoms with Crippen LogP contribution in [-0.4, -0.2) is 41.0 Å². The molecule has 0 spiro atoms. The van der Waals surface area contributed by atoms with E-state index in [9.17, 15) is 4.79 Å². The van der Waals surface area contributed by atoms with Crippen LogP contribution >= 0.6 is 0 Å². The van der Waals surface area contributed by atoms with Gasteiger partial charge in [-0.1, -0.05) is 18.2 Å². The molecule has 6 heteroatoms. The summed E-state index contributed by atoms with van der Waals surface area (Å²) in [5.41, 5.74) is 1.20. The van der Waals surface area contributed by atoms with Crippen molar-refractivity contribution in [1.82, 2.24) is 0 Å². The quantitative estimate of drug-likeness (QED) is 0.388. The standard InChI is InChI=1S/C20H22O6/c1-22-13-26-16-11-18(24-3)20(19(12-16)25-4)17(21)10-7-14-5-8-15(23-2)9-6-14/h5-12H,13H2,1-4H3/b10-7+. The third-order valence-corrected chi connectivity index (χ3v) is 3.61. The molecule has 0 unspecified atom stereocenters. The summed E-state index contributed by atoms with van der Waals surface area (Å²) in [5.74, 6) is 1.71. The van der Waals surface area contributed by atoms with Gasteiger partial charge in [-0.05, 0) is 23.8 Å². The van der Waals surface area contributed by atoms with Crippen LogP contribution < -0.4 is 18.9 Å². The van der Waals surface area contributed by atoms with E-state index in [1.54, 1.807) is 25.3 Å². The number of ether oxygens (including phenoxy) is 5. The maximum atomic E-state index is 12.7. The van der Waals surface area contributed by atoms with E-state index in [0.717, 1.165) is 11.3 Å². The second-order valence-corrected chi connectivity index (χ2v) is 5.22. The van der Waals surface area contributed by atoms with Gasteiger partial charge in [0.15, 0.2) is 12.6 Å². The molecule has 0 aliphatic rings. The summed E-state index contributed by atoms with van der Waals surface area (Å²) in [6.07, 6.45) is 3.19. The molecule has 2 rings (SSSR count). The number of methoxy groups -OCH3 is 4. The molecule has 0 saturated carbocycles. The summed E-state index contributed by atoms with van der Waals surface area (Å²) in [6, 6.07) is 10.6. The summed E-state index contributed by atoms with van der Waals surface area (Å²) in [5, 5.41) is 0. The predicted octanol–water partition coefficient (Wildman–Crippen LogP) is 3.59. The van der Waals surface area contributed by atoms with Crippen molar-refractivity contribution in [1.29, 1.82) is 0 Å². The number of ketones is 1. The topological polar surface area (TPSA) is 63.2 Å². The first-order valence-electron chi connectivity index (χ1n) is 7.87. The summed E-state index contributed by atoms with van der Waals surface area (Å²) in [6.45, 7) is 0.0803. The fraction of sp³-hybridized carbons (Fsp3) is 0.250. The molecule has 0 aromatic heterocycles. The van der Waals surface area contributed by atoms with E-state index in [4.69, 9.17) is 23.7 Å². The van der Waals surface area contributed by atoms with E-state index in [-0.39, 0.29) is 12.6 Å². The first-order valence-corrected chi connectivity index (χ1v) is 7.87. The number of carbonyl (C=O) groups excluding carboxylic acids is 1. The second-order valence-electron chi connectivity index (χ2n) is 5.22. The van der Waals surface area contributed by atoms with Gasteiger partial charge in [0.05, 0.1) is 21.3 Å². The lowest BCUT2D eigenvalue weighted by atomic mass is 10.1. The van der Waals surface area contributed by atoms with E-state index in [1.807, 2.05) is 24.3 Å². The van der Waals surface area contributed by atoms with E-state index < -0.39 is 0 Å². The van der Waals surface area contributed by atoms with Gasteiger partial charge in [0, 0.05) is 19.2 Å². The molecular weight excluding hydrogens is 336 g/mol. The minimum Gasteiger partial charge on any atom is -0.497 e. The van der Waals surface area contributed by atoms with Crippen LogP contribution in [0.4, 0.5) is 0 Å². The summed E-state index contributed by atoms with van der Waals surface area (Å²) >= 11 is 0. The summed E-state index contributed by atoms with van der Waals surface area (Å²) in [4.78, 5) is 12.7. The zero-order valence-electron chi connectivity index (χ0n) is 15.3. The number of carbonyl (C=O) groups is 1. The maximum absolute atomic E-state index is 12.7. The molecule has 0 bridgehead atoms. The third kappa shape index (κ3) is 4.77. The van der Waals surface area contributed by atoms with E-state index in [0.29, 0.717) is 22.8 Å². The van der Waals surface area contributed by atoms with E-state index in [2.05, 4.69) is 0 Å². The Morgan fingerprint density at radius 1 is 0.885 bits per heavy atom. The lowest BCUT2D eigenvalue weighted by molar-refractivity contribution is 0.0508. The van der Waals surface area contributed by atoms with Gasteiger partial charge in [0.2, 0.25) is 0 Å². The normalized spacial score (nSPS) is 10.6. The molecule has 0 N–H and O–H groups in total. The Hall–Kier alpha value is -2.99. The van der Waals surface area contributed by atoms with Crippen LogP contribution in [0.15, 0.2) is 42.5 Å². The van der Waals surface area contributed by atoms with Gasteiger partial charge < -0.3 is 23.7 Å². The number of allylic oxidation sites excluding steroid dienone is 1. The van der Waals surface area contributed by atoms with E-state index >= 15 is 0 Å². The molecule has 0 aliphatic heterocycles. The molecule has 0 fully saturated rings. The first kappa shape index (κ1) is 19.3. The van der Waals surface area contributed by atoms with Crippen LogP contribution in [0.25, 0.3) is 6.08 Å². The number of hydrogen-bond acceptors (Lipinski definition) is 6. The molecule has 26 heavy (non-hydrogen) atoms. The van der Waals surface area contributed by atoms with Crippen molar-refractivity contribution in [3.05, 3.63) is 53.6 Å². The molecule has 2 aromatic carbocycles. The number of benzene rings is 2. The highest BCUT2D eigenvalue weighted by molar-refractivity contribution is 6.10. The fourth-order valence-corrected chi connectivity index (χ4v) is 2.31. The monoisotopic (exact) mass is 358 g/mol. The van der Waals surface area contributed by atoms with Crippen molar-refractivity contribution in [3.63, 3.8) is 0 Å². The van der Waals surface area contributed by atoms with Crippen molar-refractivity contribution in [2.24, 2.45) is 0 Å². The fourth-order valence-electron chi connectivity index (χ4n) is 2.31. The zero-order chi connectivity index (χ0) is 18.9. The maximum Gasteiger partial charge on any atom is 0.193 e. The molecule has 0 saturated heterocycles. The number of rotatable bonds is 9. The molecular formula is C20H22O6. The van der Waals surface area contributed by atoms with Gasteiger partial charge in [-0.25, -0.2) is 0 Å². The van der Waals surface area contributed by atoms with Crippen LogP contribution in [0, 0.1) is 0 Å². The smallest absolute Gasteiger partial charge is 0.193 e. The minimum atomic E-state index is -0.243. The molecule has 0 radical (unpaired) electrons. The van der Waals surface area contributed by atoms with Gasteiger partial charge in [0.25, 0.3) is 0 Å². The Balaban J connectivity index is 2.29. The highest BCUT2D eigenvalue weighted by Crippen LogP contribution is 2.34. The summed E-state index contributed by atoms with van der Waals surface area (Å²) in [7, 11) is 6.10. The van der Waals surface area contributed by atoms with Gasteiger partial charge in [0.1, 0.15) is 28.6 Å². The van der Waals surface area contributed by atoms with Gasteiger partial charge in [-0.2, -0.15) is 0 Å². The van der Waals surface area contributed by atoms with Crippen molar-refractivity contribution >= 4 is 11.9 Å². The lowest BCUT2D eigenvalue weighted by Gasteiger charge is -2.14. The minimum absolute atomic E-state index is 0.0803. The Morgan fingerprint density at radius 2 is 1.50 bits per heavy atom. The van der Waals surface area contributed by atoms with Crippen molar-refractivity contribution in [2.45, 2.75) is 0 Å². The Morgan fingerprint density at radius 3 is 2.00 bits per heavy atom. The zero-order valence-corrected chi connectivity index (χ0v) is 15.3. The second kappa shape index (κ2) is 9.48.